The van der Waals surface area contributed by atoms with Gasteiger partial charge in [-0.25, -0.2) is 18.2 Å². The number of benzene rings is 1. The van der Waals surface area contributed by atoms with E-state index < -0.39 is 17.5 Å². The van der Waals surface area contributed by atoms with Gasteiger partial charge in [0.25, 0.3) is 5.91 Å². The number of carbonyl (C=O) groups excluding carboxylic acids is 1. The summed E-state index contributed by atoms with van der Waals surface area (Å²) in [6.07, 6.45) is 3.98. The van der Waals surface area contributed by atoms with Crippen molar-refractivity contribution in [2.24, 2.45) is 7.05 Å². The highest BCUT2D eigenvalue weighted by Crippen LogP contribution is 2.36. The number of aryl methyl sites for hydroxylation is 2. The molecule has 4 aromatic rings. The van der Waals surface area contributed by atoms with Crippen LogP contribution in [-0.4, -0.2) is 36.5 Å². The van der Waals surface area contributed by atoms with Crippen LogP contribution in [0, 0.1) is 24.4 Å². The topological polar surface area (TPSA) is 55.4 Å². The first-order valence-corrected chi connectivity index (χ1v) is 10.2. The summed E-state index contributed by atoms with van der Waals surface area (Å²) in [7, 11) is 1.67. The first kappa shape index (κ1) is 20.3. The second-order valence-corrected chi connectivity index (χ2v) is 8.03. The summed E-state index contributed by atoms with van der Waals surface area (Å²) in [5.74, 6) is -3.34. The fraction of sp³-hybridized carbons (Fsp3) is 0.261. The first-order valence-electron chi connectivity index (χ1n) is 10.2. The molecule has 1 aliphatic rings. The Bertz CT molecular complexity index is 1370. The van der Waals surface area contributed by atoms with E-state index in [1.54, 1.807) is 30.4 Å². The van der Waals surface area contributed by atoms with Crippen LogP contribution in [0.2, 0.25) is 0 Å². The molecule has 1 aliphatic heterocycles. The number of fused-ring (bicyclic) bond motifs is 2. The number of hydrogen-bond acceptors (Lipinski definition) is 3. The van der Waals surface area contributed by atoms with Gasteiger partial charge in [-0.15, -0.1) is 0 Å². The lowest BCUT2D eigenvalue weighted by atomic mass is 9.95. The van der Waals surface area contributed by atoms with Crippen LogP contribution >= 0.6 is 0 Å². The van der Waals surface area contributed by atoms with E-state index in [4.69, 9.17) is 0 Å². The van der Waals surface area contributed by atoms with Crippen molar-refractivity contribution in [2.45, 2.75) is 26.3 Å². The van der Waals surface area contributed by atoms with Gasteiger partial charge in [-0.05, 0) is 44.5 Å². The van der Waals surface area contributed by atoms with E-state index in [0.29, 0.717) is 29.9 Å². The zero-order chi connectivity index (χ0) is 22.7. The Labute approximate surface area is 181 Å². The second kappa shape index (κ2) is 7.22. The lowest BCUT2D eigenvalue weighted by Crippen LogP contribution is -2.39. The lowest BCUT2D eigenvalue weighted by Gasteiger charge is -2.33. The summed E-state index contributed by atoms with van der Waals surface area (Å²) in [6.45, 7) is 4.16. The van der Waals surface area contributed by atoms with Crippen molar-refractivity contribution in [1.29, 1.82) is 0 Å². The Morgan fingerprint density at radius 3 is 2.59 bits per heavy atom. The normalized spacial score (nSPS) is 15.9. The molecule has 0 saturated carbocycles. The maximum atomic E-state index is 13.8. The number of rotatable bonds is 2. The summed E-state index contributed by atoms with van der Waals surface area (Å²) in [4.78, 5) is 19.3. The molecule has 0 N–H and O–H groups in total. The number of carbonyl (C=O) groups is 1. The molecule has 0 radical (unpaired) electrons. The third-order valence-electron chi connectivity index (χ3n) is 6.12. The summed E-state index contributed by atoms with van der Waals surface area (Å²) >= 11 is 0. The Morgan fingerprint density at radius 2 is 1.88 bits per heavy atom. The standard InChI is InChI=1S/C23H20F3N5O/c1-12-21-17(22(29(3)28-21)15-8-18(24)20(26)19(25)9-15)6-7-30(12)23(32)14-4-5-16-10-27-13(2)31(16)11-14/h4-5,8-12H,6-7H2,1-3H3/t12-/m0/s1. The highest BCUT2D eigenvalue weighted by molar-refractivity contribution is 5.95. The van der Waals surface area contributed by atoms with Gasteiger partial charge in [0.1, 0.15) is 5.82 Å². The molecular formula is C23H20F3N5O. The molecule has 0 bridgehead atoms. The van der Waals surface area contributed by atoms with Crippen molar-refractivity contribution in [3.8, 4) is 11.3 Å². The minimum atomic E-state index is -1.50. The zero-order valence-electron chi connectivity index (χ0n) is 17.7. The maximum absolute atomic E-state index is 13.8. The van der Waals surface area contributed by atoms with Crippen LogP contribution < -0.4 is 0 Å². The van der Waals surface area contributed by atoms with Crippen molar-refractivity contribution in [1.82, 2.24) is 24.1 Å². The van der Waals surface area contributed by atoms with E-state index in [2.05, 4.69) is 10.1 Å². The van der Waals surface area contributed by atoms with Gasteiger partial charge in [-0.2, -0.15) is 5.10 Å². The van der Waals surface area contributed by atoms with E-state index in [1.165, 1.54) is 4.68 Å². The molecule has 164 valence electrons. The molecule has 1 aromatic carbocycles. The number of nitrogens with zero attached hydrogens (tertiary/aromatic N) is 5. The van der Waals surface area contributed by atoms with Crippen LogP contribution in [0.15, 0.2) is 36.7 Å². The van der Waals surface area contributed by atoms with Crippen LogP contribution in [0.5, 0.6) is 0 Å². The largest absolute Gasteiger partial charge is 0.330 e. The number of hydrogen-bond donors (Lipinski definition) is 0. The molecule has 1 atom stereocenters. The summed E-state index contributed by atoms with van der Waals surface area (Å²) in [5.41, 5.74) is 3.63. The average molecular weight is 439 g/mol. The van der Waals surface area contributed by atoms with Gasteiger partial charge >= 0.3 is 0 Å². The molecule has 1 amide bonds. The third-order valence-corrected chi connectivity index (χ3v) is 6.12. The van der Waals surface area contributed by atoms with Crippen LogP contribution in [0.25, 0.3) is 16.8 Å². The highest BCUT2D eigenvalue weighted by Gasteiger charge is 2.33. The molecule has 0 spiro atoms. The quantitative estimate of drug-likeness (QED) is 0.440. The van der Waals surface area contributed by atoms with Gasteiger partial charge in [0.15, 0.2) is 17.5 Å². The molecule has 6 nitrogen and oxygen atoms in total. The van der Waals surface area contributed by atoms with Crippen LogP contribution in [0.1, 0.15) is 40.4 Å². The van der Waals surface area contributed by atoms with Gasteiger partial charge in [0.05, 0.1) is 34.7 Å². The molecule has 3 aromatic heterocycles. The van der Waals surface area contributed by atoms with Crippen molar-refractivity contribution >= 4 is 11.4 Å². The second-order valence-electron chi connectivity index (χ2n) is 8.03. The Morgan fingerprint density at radius 1 is 1.16 bits per heavy atom. The van der Waals surface area contributed by atoms with Crippen LogP contribution in [0.3, 0.4) is 0 Å². The van der Waals surface area contributed by atoms with Crippen LogP contribution in [-0.2, 0) is 13.5 Å². The summed E-state index contributed by atoms with van der Waals surface area (Å²) < 4.78 is 44.5. The highest BCUT2D eigenvalue weighted by atomic mass is 19.2. The van der Waals surface area contributed by atoms with Gasteiger partial charge in [-0.1, -0.05) is 0 Å². The molecule has 4 heterocycles. The molecule has 0 unspecified atom stereocenters. The third kappa shape index (κ3) is 2.99. The van der Waals surface area contributed by atoms with Crippen LogP contribution in [0.4, 0.5) is 13.2 Å². The summed E-state index contributed by atoms with van der Waals surface area (Å²) in [6, 6.07) is 5.22. The van der Waals surface area contributed by atoms with Gasteiger partial charge in [0.2, 0.25) is 0 Å². The van der Waals surface area contributed by atoms with E-state index in [-0.39, 0.29) is 17.5 Å². The number of amides is 1. The molecule has 0 aliphatic carbocycles. The number of aromatic nitrogens is 4. The van der Waals surface area contributed by atoms with E-state index >= 15 is 0 Å². The monoisotopic (exact) mass is 439 g/mol. The lowest BCUT2D eigenvalue weighted by molar-refractivity contribution is 0.0673. The first-order chi connectivity index (χ1) is 15.3. The fourth-order valence-electron chi connectivity index (χ4n) is 4.49. The predicted molar refractivity (Wildman–Crippen MR) is 112 cm³/mol. The van der Waals surface area contributed by atoms with Gasteiger partial charge < -0.3 is 9.30 Å². The minimum absolute atomic E-state index is 0.135. The Hall–Kier alpha value is -3.62. The van der Waals surface area contributed by atoms with Crippen molar-refractivity contribution in [2.75, 3.05) is 6.54 Å². The predicted octanol–water partition coefficient (Wildman–Crippen LogP) is 4.22. The number of pyridine rings is 1. The molecule has 32 heavy (non-hydrogen) atoms. The van der Waals surface area contributed by atoms with E-state index in [1.807, 2.05) is 24.3 Å². The Kier molecular flexibility index (Phi) is 4.58. The molecule has 9 heteroatoms. The zero-order valence-corrected chi connectivity index (χ0v) is 17.7. The number of halogens is 3. The average Bonchev–Trinajstić information content (AvgIpc) is 3.31. The van der Waals surface area contributed by atoms with Gasteiger partial charge in [0, 0.05) is 30.9 Å². The van der Waals surface area contributed by atoms with Crippen molar-refractivity contribution < 1.29 is 18.0 Å². The SMILES string of the molecule is Cc1ncc2ccc(C(=O)N3CCc4c(nn(C)c4-c4cc(F)c(F)c(F)c4)[C@@H]3C)cn12. The smallest absolute Gasteiger partial charge is 0.255 e. The molecular weight excluding hydrogens is 419 g/mol. The fourth-order valence-corrected chi connectivity index (χ4v) is 4.49. The molecule has 0 saturated heterocycles. The minimum Gasteiger partial charge on any atom is -0.330 e. The van der Waals surface area contributed by atoms with E-state index in [9.17, 15) is 18.0 Å². The van der Waals surface area contributed by atoms with Gasteiger partial charge in [-0.3, -0.25) is 9.48 Å². The van der Waals surface area contributed by atoms with E-state index in [0.717, 1.165) is 29.0 Å². The van der Waals surface area contributed by atoms with Crippen molar-refractivity contribution in [3.63, 3.8) is 0 Å². The maximum Gasteiger partial charge on any atom is 0.255 e. The Balaban J connectivity index is 1.51. The number of imidazole rings is 1. The molecule has 5 rings (SSSR count). The van der Waals surface area contributed by atoms with Crippen molar-refractivity contribution in [3.05, 3.63) is 76.8 Å². The molecule has 0 fully saturated rings. The summed E-state index contributed by atoms with van der Waals surface area (Å²) in [5, 5.41) is 4.54.